The molecule has 4 atom stereocenters. The van der Waals surface area contributed by atoms with E-state index in [1.54, 1.807) is 0 Å². The van der Waals surface area contributed by atoms with Crippen LogP contribution in [0.4, 0.5) is 0 Å². The zero-order chi connectivity index (χ0) is 13.1. The number of likely N-dealkylation sites (tertiary alicyclic amines) is 1. The third-order valence-corrected chi connectivity index (χ3v) is 4.38. The normalized spacial score (nSPS) is 31.2. The van der Waals surface area contributed by atoms with Gasteiger partial charge in [-0.15, -0.1) is 0 Å². The smallest absolute Gasteiger partial charge is 0.0424 e. The first-order valence-electron chi connectivity index (χ1n) is 7.12. The van der Waals surface area contributed by atoms with Crippen molar-refractivity contribution < 1.29 is 0 Å². The molecule has 0 saturated carbocycles. The largest absolute Gasteiger partial charge is 0.323 e. The maximum Gasteiger partial charge on any atom is 0.0424 e. The Bertz CT molecular complexity index is 363. The average Bonchev–Trinajstić information content (AvgIpc) is 2.36. The number of nitrogens with two attached hydrogens (primary N) is 1. The van der Waals surface area contributed by atoms with Crippen LogP contribution in [0, 0.1) is 11.8 Å². The summed E-state index contributed by atoms with van der Waals surface area (Å²) in [7, 11) is 0. The Kier molecular flexibility index (Phi) is 4.41. The molecule has 2 N–H and O–H groups in total. The molecule has 1 aromatic carbocycles. The van der Waals surface area contributed by atoms with Gasteiger partial charge in [-0.2, -0.15) is 0 Å². The molecule has 2 heteroatoms. The fourth-order valence-corrected chi connectivity index (χ4v) is 3.13. The third-order valence-electron chi connectivity index (χ3n) is 4.38. The van der Waals surface area contributed by atoms with Gasteiger partial charge in [-0.1, -0.05) is 44.2 Å². The first kappa shape index (κ1) is 13.6. The minimum atomic E-state index is 0.131. The number of hydrogen-bond donors (Lipinski definition) is 1. The molecule has 1 aliphatic heterocycles. The summed E-state index contributed by atoms with van der Waals surface area (Å²) in [6.07, 6.45) is 1.35. The number of piperidine rings is 1. The molecular weight excluding hydrogens is 220 g/mol. The van der Waals surface area contributed by atoms with Crippen LogP contribution in [0.1, 0.15) is 38.8 Å². The number of nitrogens with zero attached hydrogens (tertiary/aromatic N) is 1. The van der Waals surface area contributed by atoms with Gasteiger partial charge in [0.25, 0.3) is 0 Å². The molecule has 18 heavy (non-hydrogen) atoms. The van der Waals surface area contributed by atoms with Crippen molar-refractivity contribution in [3.63, 3.8) is 0 Å². The number of rotatable bonds is 3. The van der Waals surface area contributed by atoms with Crippen molar-refractivity contribution in [1.82, 2.24) is 4.90 Å². The monoisotopic (exact) mass is 246 g/mol. The second-order valence-electron chi connectivity index (χ2n) is 6.03. The second-order valence-corrected chi connectivity index (χ2v) is 6.03. The summed E-state index contributed by atoms with van der Waals surface area (Å²) in [4.78, 5) is 2.57. The minimum absolute atomic E-state index is 0.131. The van der Waals surface area contributed by atoms with Gasteiger partial charge in [0.1, 0.15) is 0 Å². The molecule has 0 spiro atoms. The lowest BCUT2D eigenvalue weighted by molar-refractivity contribution is 0.0742. The maximum atomic E-state index is 6.34. The Morgan fingerprint density at radius 3 is 2.56 bits per heavy atom. The van der Waals surface area contributed by atoms with Crippen LogP contribution in [-0.2, 0) is 0 Å². The molecule has 1 aromatic rings. The van der Waals surface area contributed by atoms with E-state index in [1.165, 1.54) is 18.5 Å². The van der Waals surface area contributed by atoms with Crippen LogP contribution in [0.3, 0.4) is 0 Å². The van der Waals surface area contributed by atoms with Crippen LogP contribution in [0.2, 0.25) is 0 Å². The van der Waals surface area contributed by atoms with Crippen molar-refractivity contribution in [2.24, 2.45) is 17.6 Å². The highest BCUT2D eigenvalue weighted by Crippen LogP contribution is 2.28. The summed E-state index contributed by atoms with van der Waals surface area (Å²) in [5.41, 5.74) is 7.58. The van der Waals surface area contributed by atoms with Crippen molar-refractivity contribution in [3.05, 3.63) is 35.9 Å². The fraction of sp³-hybridized carbons (Fsp3) is 0.625. The van der Waals surface area contributed by atoms with Crippen LogP contribution in [0.15, 0.2) is 30.3 Å². The Morgan fingerprint density at radius 2 is 1.89 bits per heavy atom. The van der Waals surface area contributed by atoms with E-state index in [0.717, 1.165) is 18.4 Å². The number of benzene rings is 1. The van der Waals surface area contributed by atoms with Gasteiger partial charge in [0, 0.05) is 25.2 Å². The van der Waals surface area contributed by atoms with Gasteiger partial charge in [-0.3, -0.25) is 4.90 Å². The highest BCUT2D eigenvalue weighted by molar-refractivity contribution is 5.18. The lowest BCUT2D eigenvalue weighted by Crippen LogP contribution is -2.48. The molecule has 4 unspecified atom stereocenters. The molecule has 0 bridgehead atoms. The highest BCUT2D eigenvalue weighted by Gasteiger charge is 2.29. The van der Waals surface area contributed by atoms with Gasteiger partial charge in [0.2, 0.25) is 0 Å². The predicted molar refractivity (Wildman–Crippen MR) is 77.4 cm³/mol. The van der Waals surface area contributed by atoms with Gasteiger partial charge in [0.05, 0.1) is 0 Å². The molecule has 0 aliphatic carbocycles. The Morgan fingerprint density at radius 1 is 1.22 bits per heavy atom. The van der Waals surface area contributed by atoms with Crippen molar-refractivity contribution in [1.29, 1.82) is 0 Å². The molecule has 1 heterocycles. The van der Waals surface area contributed by atoms with E-state index >= 15 is 0 Å². The highest BCUT2D eigenvalue weighted by atomic mass is 15.2. The summed E-state index contributed by atoms with van der Waals surface area (Å²) in [6, 6.07) is 11.2. The molecule has 0 aromatic heterocycles. The first-order chi connectivity index (χ1) is 8.58. The second kappa shape index (κ2) is 5.85. The van der Waals surface area contributed by atoms with E-state index < -0.39 is 0 Å². The first-order valence-corrected chi connectivity index (χ1v) is 7.12. The maximum absolute atomic E-state index is 6.34. The SMILES string of the molecule is CC1CC(C)C(C)N(CC(N)c2ccccc2)C1. The van der Waals surface area contributed by atoms with Crippen LogP contribution >= 0.6 is 0 Å². The molecule has 1 saturated heterocycles. The van der Waals surface area contributed by atoms with E-state index in [1.807, 2.05) is 6.07 Å². The molecule has 0 radical (unpaired) electrons. The van der Waals surface area contributed by atoms with Crippen LogP contribution < -0.4 is 5.73 Å². The molecule has 1 aliphatic rings. The van der Waals surface area contributed by atoms with Crippen molar-refractivity contribution >= 4 is 0 Å². The summed E-state index contributed by atoms with van der Waals surface area (Å²) >= 11 is 0. The molecule has 100 valence electrons. The Hall–Kier alpha value is -0.860. The third kappa shape index (κ3) is 3.12. The summed E-state index contributed by atoms with van der Waals surface area (Å²) < 4.78 is 0. The zero-order valence-corrected chi connectivity index (χ0v) is 11.8. The van der Waals surface area contributed by atoms with Crippen LogP contribution in [0.25, 0.3) is 0 Å². The van der Waals surface area contributed by atoms with Gasteiger partial charge < -0.3 is 5.73 Å². The molecule has 2 rings (SSSR count). The van der Waals surface area contributed by atoms with Crippen molar-refractivity contribution in [3.8, 4) is 0 Å². The lowest BCUT2D eigenvalue weighted by atomic mass is 9.85. The van der Waals surface area contributed by atoms with E-state index in [2.05, 4.69) is 49.9 Å². The van der Waals surface area contributed by atoms with E-state index in [4.69, 9.17) is 5.73 Å². The van der Waals surface area contributed by atoms with Crippen LogP contribution in [0.5, 0.6) is 0 Å². The van der Waals surface area contributed by atoms with Gasteiger partial charge in [-0.25, -0.2) is 0 Å². The topological polar surface area (TPSA) is 29.3 Å². The molecule has 0 amide bonds. The zero-order valence-electron chi connectivity index (χ0n) is 11.8. The summed E-state index contributed by atoms with van der Waals surface area (Å²) in [5, 5.41) is 0. The summed E-state index contributed by atoms with van der Waals surface area (Å²) in [6.45, 7) is 9.21. The predicted octanol–water partition coefficient (Wildman–Crippen LogP) is 3.05. The van der Waals surface area contributed by atoms with Crippen LogP contribution in [-0.4, -0.2) is 24.0 Å². The lowest BCUT2D eigenvalue weighted by Gasteiger charge is -2.42. The van der Waals surface area contributed by atoms with Gasteiger partial charge in [-0.05, 0) is 30.7 Å². The Balaban J connectivity index is 2.00. The Labute approximate surface area is 111 Å². The standard InChI is InChI=1S/C16H26N2/c1-12-9-13(2)14(3)18(10-12)11-16(17)15-7-5-4-6-8-15/h4-8,12-14,16H,9-11,17H2,1-3H3. The average molecular weight is 246 g/mol. The van der Waals surface area contributed by atoms with Gasteiger partial charge >= 0.3 is 0 Å². The van der Waals surface area contributed by atoms with Crippen molar-refractivity contribution in [2.45, 2.75) is 39.3 Å². The number of hydrogen-bond acceptors (Lipinski definition) is 2. The van der Waals surface area contributed by atoms with E-state index in [-0.39, 0.29) is 6.04 Å². The molecule has 2 nitrogen and oxygen atoms in total. The fourth-order valence-electron chi connectivity index (χ4n) is 3.13. The van der Waals surface area contributed by atoms with E-state index in [9.17, 15) is 0 Å². The quantitative estimate of drug-likeness (QED) is 0.888. The molecular formula is C16H26N2. The van der Waals surface area contributed by atoms with E-state index in [0.29, 0.717) is 6.04 Å². The van der Waals surface area contributed by atoms with Crippen molar-refractivity contribution in [2.75, 3.05) is 13.1 Å². The molecule has 1 fully saturated rings. The summed E-state index contributed by atoms with van der Waals surface area (Å²) in [5.74, 6) is 1.57. The minimum Gasteiger partial charge on any atom is -0.323 e. The van der Waals surface area contributed by atoms with Gasteiger partial charge in [0.15, 0.2) is 0 Å².